The zero-order chi connectivity index (χ0) is 19.7. The summed E-state index contributed by atoms with van der Waals surface area (Å²) >= 11 is 0. The summed E-state index contributed by atoms with van der Waals surface area (Å²) in [6.07, 6.45) is 2.62. The van der Waals surface area contributed by atoms with E-state index in [1.165, 1.54) is 0 Å². The number of fused-ring (bicyclic) bond motifs is 1. The Kier molecular flexibility index (Phi) is 4.86. The van der Waals surface area contributed by atoms with Crippen LogP contribution in [0.15, 0.2) is 36.5 Å². The first-order valence-corrected chi connectivity index (χ1v) is 9.43. The van der Waals surface area contributed by atoms with E-state index in [9.17, 15) is 5.11 Å². The summed E-state index contributed by atoms with van der Waals surface area (Å²) in [6.45, 7) is 5.47. The van der Waals surface area contributed by atoms with E-state index in [1.807, 2.05) is 24.3 Å². The molecular weight excluding hydrogens is 356 g/mol. The first-order chi connectivity index (χ1) is 13.6. The number of H-pyrrole nitrogens is 1. The van der Waals surface area contributed by atoms with E-state index < -0.39 is 0 Å². The quantitative estimate of drug-likeness (QED) is 0.683. The molecule has 0 fully saturated rings. The summed E-state index contributed by atoms with van der Waals surface area (Å²) in [5, 5.41) is 17.9. The zero-order valence-electron chi connectivity index (χ0n) is 16.3. The van der Waals surface area contributed by atoms with Gasteiger partial charge in [-0.25, -0.2) is 0 Å². The van der Waals surface area contributed by atoms with Crippen LogP contribution in [-0.4, -0.2) is 35.6 Å². The Morgan fingerprint density at radius 1 is 1.07 bits per heavy atom. The molecule has 0 atom stereocenters. The second-order valence-corrected chi connectivity index (χ2v) is 7.14. The Morgan fingerprint density at radius 3 is 2.61 bits per heavy atom. The molecule has 1 aliphatic rings. The van der Waals surface area contributed by atoms with Gasteiger partial charge in [-0.05, 0) is 35.2 Å². The number of hydrogen-bond acceptors (Lipinski definition) is 5. The molecule has 3 aromatic rings. The fourth-order valence-electron chi connectivity index (χ4n) is 3.46. The molecule has 2 N–H and O–H groups in total. The molecule has 0 aliphatic carbocycles. The van der Waals surface area contributed by atoms with Crippen LogP contribution in [0.4, 0.5) is 0 Å². The van der Waals surface area contributed by atoms with Crippen LogP contribution in [0.25, 0.3) is 22.4 Å². The number of nitrogens with one attached hydrogen (secondary N) is 1. The highest BCUT2D eigenvalue weighted by atomic mass is 16.5. The Hall–Kier alpha value is -3.15. The van der Waals surface area contributed by atoms with Crippen molar-refractivity contribution in [2.75, 3.05) is 20.3 Å². The number of phenolic OH excluding ortho intramolecular Hbond substituents is 1. The van der Waals surface area contributed by atoms with Crippen LogP contribution in [0.5, 0.6) is 23.0 Å². The van der Waals surface area contributed by atoms with Crippen LogP contribution in [0.2, 0.25) is 0 Å². The van der Waals surface area contributed by atoms with E-state index in [0.29, 0.717) is 24.5 Å². The van der Waals surface area contributed by atoms with Crippen molar-refractivity contribution in [3.8, 4) is 45.4 Å². The SMILES string of the molecule is COc1cc(O)c(-c2[nH]ncc2-c2ccc3c(c2)OCCCO3)cc1C(C)C. The second kappa shape index (κ2) is 7.46. The minimum atomic E-state index is 0.140. The number of phenols is 1. The van der Waals surface area contributed by atoms with Crippen LogP contribution < -0.4 is 14.2 Å². The van der Waals surface area contributed by atoms with Gasteiger partial charge in [0.1, 0.15) is 11.5 Å². The third-order valence-corrected chi connectivity index (χ3v) is 4.94. The summed E-state index contributed by atoms with van der Waals surface area (Å²) < 4.78 is 17.0. The maximum Gasteiger partial charge on any atom is 0.161 e. The van der Waals surface area contributed by atoms with Crippen LogP contribution in [0.3, 0.4) is 0 Å². The van der Waals surface area contributed by atoms with Crippen molar-refractivity contribution in [3.63, 3.8) is 0 Å². The van der Waals surface area contributed by atoms with Gasteiger partial charge in [0.05, 0.1) is 32.2 Å². The standard InChI is InChI=1S/C22H24N2O4/c1-13(2)15-10-16(18(25)11-20(15)26-3)22-17(12-23-24-22)14-5-6-19-21(9-14)28-8-4-7-27-19/h5-6,9-13,25H,4,7-8H2,1-3H3,(H,23,24). The summed E-state index contributed by atoms with van der Waals surface area (Å²) in [5.74, 6) is 2.54. The molecule has 0 bridgehead atoms. The molecule has 2 aromatic carbocycles. The van der Waals surface area contributed by atoms with Crippen molar-refractivity contribution in [3.05, 3.63) is 42.1 Å². The molecule has 0 saturated heterocycles. The van der Waals surface area contributed by atoms with E-state index in [0.717, 1.165) is 40.3 Å². The minimum absolute atomic E-state index is 0.140. The molecule has 2 heterocycles. The predicted molar refractivity (Wildman–Crippen MR) is 107 cm³/mol. The van der Waals surface area contributed by atoms with E-state index in [1.54, 1.807) is 19.4 Å². The number of aromatic amines is 1. The molecule has 28 heavy (non-hydrogen) atoms. The number of aromatic hydroxyl groups is 1. The van der Waals surface area contributed by atoms with Gasteiger partial charge >= 0.3 is 0 Å². The lowest BCUT2D eigenvalue weighted by Gasteiger charge is -2.15. The third-order valence-electron chi connectivity index (χ3n) is 4.94. The number of ether oxygens (including phenoxy) is 3. The number of aromatic nitrogens is 2. The number of methoxy groups -OCH3 is 1. The molecule has 6 nitrogen and oxygen atoms in total. The van der Waals surface area contributed by atoms with Crippen molar-refractivity contribution >= 4 is 0 Å². The highest BCUT2D eigenvalue weighted by Gasteiger charge is 2.19. The van der Waals surface area contributed by atoms with Crippen molar-refractivity contribution in [1.29, 1.82) is 0 Å². The van der Waals surface area contributed by atoms with Crippen LogP contribution in [0.1, 0.15) is 31.7 Å². The van der Waals surface area contributed by atoms with Gasteiger partial charge in [0.25, 0.3) is 0 Å². The van der Waals surface area contributed by atoms with E-state index in [2.05, 4.69) is 24.0 Å². The van der Waals surface area contributed by atoms with Crippen molar-refractivity contribution in [2.24, 2.45) is 0 Å². The van der Waals surface area contributed by atoms with Crippen LogP contribution in [0, 0.1) is 0 Å². The van der Waals surface area contributed by atoms with E-state index in [-0.39, 0.29) is 11.7 Å². The molecule has 0 saturated carbocycles. The van der Waals surface area contributed by atoms with Gasteiger partial charge in [0.2, 0.25) is 0 Å². The number of benzene rings is 2. The van der Waals surface area contributed by atoms with Gasteiger partial charge in [-0.1, -0.05) is 19.9 Å². The summed E-state index contributed by atoms with van der Waals surface area (Å²) in [6, 6.07) is 9.47. The number of nitrogens with zero attached hydrogens (tertiary/aromatic N) is 1. The number of hydrogen-bond donors (Lipinski definition) is 2. The average molecular weight is 380 g/mol. The Balaban J connectivity index is 1.80. The van der Waals surface area contributed by atoms with Crippen molar-refractivity contribution < 1.29 is 19.3 Å². The lowest BCUT2D eigenvalue weighted by molar-refractivity contribution is 0.297. The maximum atomic E-state index is 10.6. The highest BCUT2D eigenvalue weighted by Crippen LogP contribution is 2.42. The predicted octanol–water partition coefficient (Wildman–Crippen LogP) is 4.74. The average Bonchev–Trinajstić information content (AvgIpc) is 3.05. The fraction of sp³-hybridized carbons (Fsp3) is 0.318. The monoisotopic (exact) mass is 380 g/mol. The topological polar surface area (TPSA) is 76.6 Å². The minimum Gasteiger partial charge on any atom is -0.507 e. The zero-order valence-corrected chi connectivity index (χ0v) is 16.3. The number of rotatable bonds is 4. The van der Waals surface area contributed by atoms with Gasteiger partial charge in [-0.15, -0.1) is 0 Å². The van der Waals surface area contributed by atoms with Gasteiger partial charge in [-0.3, -0.25) is 5.10 Å². The fourth-order valence-corrected chi connectivity index (χ4v) is 3.46. The summed E-state index contributed by atoms with van der Waals surface area (Å²) in [5.41, 5.74) is 4.27. The molecule has 0 amide bonds. The normalized spacial score (nSPS) is 13.4. The first-order valence-electron chi connectivity index (χ1n) is 9.43. The van der Waals surface area contributed by atoms with Crippen molar-refractivity contribution in [1.82, 2.24) is 10.2 Å². The summed E-state index contributed by atoms with van der Waals surface area (Å²) in [7, 11) is 1.61. The third kappa shape index (κ3) is 3.26. The highest BCUT2D eigenvalue weighted by molar-refractivity contribution is 5.84. The molecule has 1 aliphatic heterocycles. The smallest absolute Gasteiger partial charge is 0.161 e. The molecule has 1 aromatic heterocycles. The molecule has 0 spiro atoms. The lowest BCUT2D eigenvalue weighted by Crippen LogP contribution is -1.97. The Labute approximate surface area is 164 Å². The van der Waals surface area contributed by atoms with Gasteiger partial charge in [0, 0.05) is 23.6 Å². The van der Waals surface area contributed by atoms with Crippen molar-refractivity contribution in [2.45, 2.75) is 26.2 Å². The Morgan fingerprint density at radius 2 is 1.86 bits per heavy atom. The van der Waals surface area contributed by atoms with Gasteiger partial charge < -0.3 is 19.3 Å². The van der Waals surface area contributed by atoms with E-state index >= 15 is 0 Å². The molecule has 0 radical (unpaired) electrons. The van der Waals surface area contributed by atoms with Crippen LogP contribution >= 0.6 is 0 Å². The maximum absolute atomic E-state index is 10.6. The molecule has 146 valence electrons. The molecular formula is C22H24N2O4. The second-order valence-electron chi connectivity index (χ2n) is 7.14. The van der Waals surface area contributed by atoms with Gasteiger partial charge in [-0.2, -0.15) is 5.10 Å². The largest absolute Gasteiger partial charge is 0.507 e. The van der Waals surface area contributed by atoms with Gasteiger partial charge in [0.15, 0.2) is 11.5 Å². The summed E-state index contributed by atoms with van der Waals surface area (Å²) in [4.78, 5) is 0. The molecule has 6 heteroatoms. The van der Waals surface area contributed by atoms with Crippen LogP contribution in [-0.2, 0) is 0 Å². The Bertz CT molecular complexity index is 994. The molecule has 4 rings (SSSR count). The van der Waals surface area contributed by atoms with E-state index in [4.69, 9.17) is 14.2 Å². The lowest BCUT2D eigenvalue weighted by atomic mass is 9.95. The first kappa shape index (κ1) is 18.2. The molecule has 0 unspecified atom stereocenters.